The summed E-state index contributed by atoms with van der Waals surface area (Å²) < 4.78 is 27.2. The van der Waals surface area contributed by atoms with Crippen LogP contribution in [0.5, 0.6) is 0 Å². The number of aliphatic hydroxyl groups excluding tert-OH is 10. The Morgan fingerprint density at radius 1 is 0.649 bits per heavy atom. The van der Waals surface area contributed by atoms with Crippen molar-refractivity contribution in [2.75, 3.05) is 19.8 Å². The van der Waals surface area contributed by atoms with Crippen molar-refractivity contribution in [3.8, 4) is 0 Å². The zero-order valence-corrected chi connectivity index (χ0v) is 19.7. The van der Waals surface area contributed by atoms with Gasteiger partial charge in [-0.25, -0.2) is 0 Å². The van der Waals surface area contributed by atoms with E-state index in [1.807, 2.05) is 0 Å². The Morgan fingerprint density at radius 3 is 1.68 bits per heavy atom. The molecule has 3 heterocycles. The fourth-order valence-electron chi connectivity index (χ4n) is 4.43. The average Bonchev–Trinajstić information content (AvgIpc) is 2.86. The van der Waals surface area contributed by atoms with Gasteiger partial charge in [0.25, 0.3) is 0 Å². The largest absolute Gasteiger partial charge is 0.394 e. The van der Waals surface area contributed by atoms with E-state index in [0.717, 1.165) is 6.92 Å². The summed E-state index contributed by atoms with van der Waals surface area (Å²) >= 11 is 0. The highest BCUT2D eigenvalue weighted by molar-refractivity contribution is 5.73. The maximum atomic E-state index is 11.7. The molecular weight excluding hydrogens is 510 g/mol. The lowest BCUT2D eigenvalue weighted by Crippen LogP contribution is -2.68. The fraction of sp³-hybridized carbons (Fsp3) is 0.950. The van der Waals surface area contributed by atoms with Crippen LogP contribution >= 0.6 is 0 Å². The zero-order chi connectivity index (χ0) is 27.6. The lowest BCUT2D eigenvalue weighted by atomic mass is 9.95. The van der Waals surface area contributed by atoms with E-state index in [2.05, 4.69) is 5.32 Å². The van der Waals surface area contributed by atoms with Crippen molar-refractivity contribution >= 4 is 5.91 Å². The topological polar surface area (TPSA) is 278 Å². The molecule has 0 saturated carbocycles. The molecule has 0 radical (unpaired) electrons. The third-order valence-corrected chi connectivity index (χ3v) is 6.50. The van der Waals surface area contributed by atoms with Crippen LogP contribution in [-0.4, -0.2) is 169 Å². The number of carbonyl (C=O) groups excluding carboxylic acids is 1. The number of amides is 1. The van der Waals surface area contributed by atoms with Gasteiger partial charge in [-0.2, -0.15) is 0 Å². The molecule has 17 heteroatoms. The maximum Gasteiger partial charge on any atom is 0.217 e. The van der Waals surface area contributed by atoms with Gasteiger partial charge in [0, 0.05) is 6.92 Å². The molecule has 3 aliphatic heterocycles. The predicted molar refractivity (Wildman–Crippen MR) is 113 cm³/mol. The van der Waals surface area contributed by atoms with Crippen LogP contribution in [0.25, 0.3) is 0 Å². The number of carbonyl (C=O) groups is 1. The van der Waals surface area contributed by atoms with Gasteiger partial charge in [-0.3, -0.25) is 4.79 Å². The van der Waals surface area contributed by atoms with Gasteiger partial charge in [-0.05, 0) is 0 Å². The van der Waals surface area contributed by atoms with Crippen LogP contribution in [0.4, 0.5) is 0 Å². The Kier molecular flexibility index (Phi) is 10.5. The summed E-state index contributed by atoms with van der Waals surface area (Å²) in [5.74, 6) is -0.654. The molecule has 0 aliphatic carbocycles. The molecule has 0 spiro atoms. The number of hydrogen-bond acceptors (Lipinski definition) is 16. The fourth-order valence-corrected chi connectivity index (χ4v) is 4.43. The van der Waals surface area contributed by atoms with Gasteiger partial charge in [0.2, 0.25) is 5.91 Å². The van der Waals surface area contributed by atoms with Crippen molar-refractivity contribution in [1.29, 1.82) is 0 Å². The van der Waals surface area contributed by atoms with Gasteiger partial charge in [-0.1, -0.05) is 0 Å². The molecule has 0 unspecified atom stereocenters. The van der Waals surface area contributed by atoms with Gasteiger partial charge in [0.15, 0.2) is 18.9 Å². The van der Waals surface area contributed by atoms with Gasteiger partial charge < -0.3 is 80.1 Å². The predicted octanol–water partition coefficient (Wildman–Crippen LogP) is -7.43. The summed E-state index contributed by atoms with van der Waals surface area (Å²) in [6.07, 6.45) is -23.7. The van der Waals surface area contributed by atoms with Crippen LogP contribution in [0.3, 0.4) is 0 Å². The van der Waals surface area contributed by atoms with Crippen molar-refractivity contribution in [3.05, 3.63) is 0 Å². The van der Waals surface area contributed by atoms with Gasteiger partial charge in [0.1, 0.15) is 73.2 Å². The van der Waals surface area contributed by atoms with E-state index in [-0.39, 0.29) is 0 Å². The molecular formula is C20H35NO16. The van der Waals surface area contributed by atoms with Crippen LogP contribution in [0.2, 0.25) is 0 Å². The number of aliphatic hydroxyl groups is 10. The van der Waals surface area contributed by atoms with Gasteiger partial charge in [-0.15, -0.1) is 0 Å². The van der Waals surface area contributed by atoms with E-state index < -0.39 is 118 Å². The third-order valence-electron chi connectivity index (χ3n) is 6.50. The maximum absolute atomic E-state index is 11.7. The molecule has 15 atom stereocenters. The minimum absolute atomic E-state index is 0.654. The van der Waals surface area contributed by atoms with Gasteiger partial charge >= 0.3 is 0 Å². The van der Waals surface area contributed by atoms with E-state index in [0.29, 0.717) is 0 Å². The van der Waals surface area contributed by atoms with E-state index in [9.17, 15) is 55.9 Å². The highest BCUT2D eigenvalue weighted by Crippen LogP contribution is 2.32. The Labute approximate surface area is 210 Å². The summed E-state index contributed by atoms with van der Waals surface area (Å²) in [5, 5.41) is 103. The second kappa shape index (κ2) is 12.8. The molecule has 3 aliphatic rings. The van der Waals surface area contributed by atoms with Crippen molar-refractivity contribution < 1.29 is 79.5 Å². The second-order valence-electron chi connectivity index (χ2n) is 9.07. The Hall–Kier alpha value is -1.13. The van der Waals surface area contributed by atoms with Crippen molar-refractivity contribution in [1.82, 2.24) is 5.32 Å². The highest BCUT2D eigenvalue weighted by Gasteiger charge is 2.54. The van der Waals surface area contributed by atoms with Crippen LogP contribution in [-0.2, 0) is 28.5 Å². The first kappa shape index (κ1) is 30.4. The van der Waals surface area contributed by atoms with Crippen LogP contribution in [0.1, 0.15) is 6.92 Å². The van der Waals surface area contributed by atoms with Crippen molar-refractivity contribution in [2.45, 2.75) is 99.0 Å². The monoisotopic (exact) mass is 545 g/mol. The molecule has 37 heavy (non-hydrogen) atoms. The van der Waals surface area contributed by atoms with Gasteiger partial charge in [0.05, 0.1) is 19.8 Å². The average molecular weight is 545 g/mol. The highest BCUT2D eigenvalue weighted by atomic mass is 16.8. The van der Waals surface area contributed by atoms with Crippen LogP contribution in [0.15, 0.2) is 0 Å². The molecule has 0 aromatic carbocycles. The van der Waals surface area contributed by atoms with E-state index in [4.69, 9.17) is 23.7 Å². The standard InChI is InChI=1S/C20H35NO16/c1-5(25)21-9-16(12(28)8(4-24)33-18(9)32)36-20-17(14(30)11(27)7(3-23)35-20)37-19-15(31)13(29)10(26)6(2-22)34-19/h6-20,22-24,26-32H,2-4H2,1H3,(H,21,25)/t6-,7-,8-,9-,10-,11-,12-,13+,14+,15+,16-,17+,18+,19-,20+/m1/s1. The normalized spacial score (nSPS) is 49.0. The molecule has 3 rings (SSSR count). The SMILES string of the molecule is CC(=O)N[C@@H]1[C@@H](O[C@@H]2O[C@H](CO)[C@@H](O)[C@H](O)[C@@H]2O[C@H]2O[C@H](CO)[C@@H](O)[C@H](O)[C@@H]2O)[C@H](O)[C@@H](CO)O[C@@H]1O. The van der Waals surface area contributed by atoms with E-state index in [1.165, 1.54) is 0 Å². The molecule has 0 aromatic heterocycles. The quantitative estimate of drug-likeness (QED) is 0.135. The molecule has 0 aromatic rings. The summed E-state index contributed by atoms with van der Waals surface area (Å²) in [7, 11) is 0. The van der Waals surface area contributed by atoms with Crippen molar-refractivity contribution in [3.63, 3.8) is 0 Å². The number of rotatable bonds is 8. The summed E-state index contributed by atoms with van der Waals surface area (Å²) in [5.41, 5.74) is 0. The number of ether oxygens (including phenoxy) is 5. The number of hydrogen-bond donors (Lipinski definition) is 11. The summed E-state index contributed by atoms with van der Waals surface area (Å²) in [6, 6.07) is -1.43. The molecule has 3 saturated heterocycles. The van der Waals surface area contributed by atoms with Crippen LogP contribution in [0, 0.1) is 0 Å². The Morgan fingerprint density at radius 2 is 1.14 bits per heavy atom. The zero-order valence-electron chi connectivity index (χ0n) is 19.7. The van der Waals surface area contributed by atoms with Crippen LogP contribution < -0.4 is 5.32 Å². The van der Waals surface area contributed by atoms with E-state index in [1.54, 1.807) is 0 Å². The summed E-state index contributed by atoms with van der Waals surface area (Å²) in [6.45, 7) is -1.24. The second-order valence-corrected chi connectivity index (χ2v) is 9.07. The lowest BCUT2D eigenvalue weighted by molar-refractivity contribution is -0.381. The molecule has 11 N–H and O–H groups in total. The summed E-state index contributed by atoms with van der Waals surface area (Å²) in [4.78, 5) is 11.7. The smallest absolute Gasteiger partial charge is 0.217 e. The first-order chi connectivity index (χ1) is 17.4. The molecule has 216 valence electrons. The Bertz CT molecular complexity index is 745. The first-order valence-electron chi connectivity index (χ1n) is 11.6. The minimum atomic E-state index is -1.90. The Balaban J connectivity index is 1.90. The minimum Gasteiger partial charge on any atom is -0.394 e. The molecule has 3 fully saturated rings. The molecule has 0 bridgehead atoms. The third kappa shape index (κ3) is 6.38. The number of nitrogens with one attached hydrogen (secondary N) is 1. The molecule has 17 nitrogen and oxygen atoms in total. The lowest BCUT2D eigenvalue weighted by Gasteiger charge is -2.48. The van der Waals surface area contributed by atoms with Crippen molar-refractivity contribution in [2.24, 2.45) is 0 Å². The molecule has 1 amide bonds. The first-order valence-corrected chi connectivity index (χ1v) is 11.6. The van der Waals surface area contributed by atoms with E-state index >= 15 is 0 Å².